The Morgan fingerprint density at radius 2 is 1.38 bits per heavy atom. The maximum Gasteiger partial charge on any atom is 0.240 e. The highest BCUT2D eigenvalue weighted by Crippen LogP contribution is 2.47. The smallest absolute Gasteiger partial charge is 0.240 e. The summed E-state index contributed by atoms with van der Waals surface area (Å²) in [5.74, 6) is -0.211. The van der Waals surface area contributed by atoms with Gasteiger partial charge in [-0.1, -0.05) is 49.2 Å². The van der Waals surface area contributed by atoms with E-state index in [1.807, 2.05) is 24.3 Å². The van der Waals surface area contributed by atoms with E-state index in [0.717, 1.165) is 0 Å². The molecule has 0 atom stereocenters. The summed E-state index contributed by atoms with van der Waals surface area (Å²) in [5.41, 5.74) is 1.32. The van der Waals surface area contributed by atoms with E-state index < -0.39 is 5.41 Å². The van der Waals surface area contributed by atoms with E-state index in [1.165, 1.54) is 5.56 Å². The van der Waals surface area contributed by atoms with Crippen molar-refractivity contribution in [2.75, 3.05) is 10.6 Å². The van der Waals surface area contributed by atoms with Crippen LogP contribution in [-0.4, -0.2) is 11.8 Å². The summed E-state index contributed by atoms with van der Waals surface area (Å²) < 4.78 is 0. The van der Waals surface area contributed by atoms with Crippen molar-refractivity contribution in [3.05, 3.63) is 58.1 Å². The zero-order chi connectivity index (χ0) is 18.9. The van der Waals surface area contributed by atoms with Gasteiger partial charge in [0, 0.05) is 21.4 Å². The molecule has 0 spiro atoms. The number of rotatable bonds is 5. The highest BCUT2D eigenvalue weighted by atomic mass is 35.5. The number of hydrogen-bond donors (Lipinski definition) is 2. The van der Waals surface area contributed by atoms with E-state index in [9.17, 15) is 9.59 Å². The third-order valence-electron chi connectivity index (χ3n) is 4.57. The lowest BCUT2D eigenvalue weighted by molar-refractivity contribution is -0.131. The number of nitrogens with one attached hydrogen (secondary N) is 2. The molecule has 2 N–H and O–H groups in total. The fraction of sp³-hybridized carbons (Fsp3) is 0.300. The number of halogens is 2. The minimum absolute atomic E-state index is 0.291. The van der Waals surface area contributed by atoms with Gasteiger partial charge in [-0.15, -0.1) is 0 Å². The molecule has 0 heterocycles. The molecular formula is C20H20Cl2N2O2. The van der Waals surface area contributed by atoms with E-state index in [1.54, 1.807) is 18.2 Å². The molecule has 26 heavy (non-hydrogen) atoms. The zero-order valence-electron chi connectivity index (χ0n) is 14.6. The minimum atomic E-state index is -1.04. The Morgan fingerprint density at radius 1 is 0.885 bits per heavy atom. The van der Waals surface area contributed by atoms with Gasteiger partial charge in [-0.05, 0) is 54.7 Å². The first-order chi connectivity index (χ1) is 12.3. The predicted molar refractivity (Wildman–Crippen MR) is 106 cm³/mol. The number of carbonyl (C=O) groups is 2. The molecule has 4 nitrogen and oxygen atoms in total. The summed E-state index contributed by atoms with van der Waals surface area (Å²) >= 11 is 11.9. The van der Waals surface area contributed by atoms with Crippen molar-refractivity contribution in [3.63, 3.8) is 0 Å². The number of carbonyl (C=O) groups excluding carboxylic acids is 2. The second-order valence-electron chi connectivity index (χ2n) is 6.93. The van der Waals surface area contributed by atoms with Crippen LogP contribution >= 0.6 is 23.2 Å². The Balaban J connectivity index is 1.69. The first-order valence-electron chi connectivity index (χ1n) is 8.49. The van der Waals surface area contributed by atoms with E-state index in [-0.39, 0.29) is 11.8 Å². The minimum Gasteiger partial charge on any atom is -0.325 e. The van der Waals surface area contributed by atoms with Crippen LogP contribution in [-0.2, 0) is 9.59 Å². The molecule has 1 saturated carbocycles. The third kappa shape index (κ3) is 4.02. The Bertz CT molecular complexity index is 823. The van der Waals surface area contributed by atoms with Gasteiger partial charge in [0.25, 0.3) is 0 Å². The van der Waals surface area contributed by atoms with Crippen molar-refractivity contribution in [3.8, 4) is 0 Å². The molecule has 2 aromatic carbocycles. The lowest BCUT2D eigenvalue weighted by atomic mass is 10.0. The summed E-state index contributed by atoms with van der Waals surface area (Å²) in [7, 11) is 0. The maximum atomic E-state index is 12.7. The van der Waals surface area contributed by atoms with Crippen LogP contribution in [0.1, 0.15) is 38.2 Å². The quantitative estimate of drug-likeness (QED) is 0.664. The monoisotopic (exact) mass is 390 g/mol. The second-order valence-corrected chi connectivity index (χ2v) is 7.80. The molecule has 1 aliphatic carbocycles. The van der Waals surface area contributed by atoms with Crippen molar-refractivity contribution in [2.24, 2.45) is 5.41 Å². The van der Waals surface area contributed by atoms with Crippen LogP contribution in [0, 0.1) is 5.41 Å². The van der Waals surface area contributed by atoms with Gasteiger partial charge in [0.1, 0.15) is 5.41 Å². The molecule has 0 bridgehead atoms. The van der Waals surface area contributed by atoms with Crippen molar-refractivity contribution in [1.29, 1.82) is 0 Å². The van der Waals surface area contributed by atoms with Gasteiger partial charge >= 0.3 is 0 Å². The summed E-state index contributed by atoms with van der Waals surface area (Å²) in [5, 5.41) is 6.44. The second kappa shape index (κ2) is 7.29. The van der Waals surface area contributed by atoms with Gasteiger partial charge in [-0.3, -0.25) is 9.59 Å². The molecule has 6 heteroatoms. The summed E-state index contributed by atoms with van der Waals surface area (Å²) in [6.07, 6.45) is 1.03. The molecule has 2 amide bonds. The Morgan fingerprint density at radius 3 is 1.85 bits per heavy atom. The zero-order valence-corrected chi connectivity index (χ0v) is 16.1. The Kier molecular flexibility index (Phi) is 5.26. The first kappa shape index (κ1) is 18.7. The third-order valence-corrected chi connectivity index (χ3v) is 5.01. The highest BCUT2D eigenvalue weighted by Gasteiger charge is 2.56. The lowest BCUT2D eigenvalue weighted by Gasteiger charge is -2.16. The highest BCUT2D eigenvalue weighted by molar-refractivity contribution is 6.35. The van der Waals surface area contributed by atoms with Crippen LogP contribution in [0.25, 0.3) is 0 Å². The average molecular weight is 391 g/mol. The molecule has 1 aliphatic rings. The first-order valence-corrected chi connectivity index (χ1v) is 9.25. The fourth-order valence-corrected chi connectivity index (χ4v) is 3.29. The van der Waals surface area contributed by atoms with Crippen LogP contribution in [0.15, 0.2) is 42.5 Å². The molecule has 0 radical (unpaired) electrons. The van der Waals surface area contributed by atoms with E-state index in [2.05, 4.69) is 24.5 Å². The standard InChI is InChI=1S/C20H20Cl2N2O2/c1-12(2)13-3-5-16(6-4-13)23-18(25)20(7-8-20)19(26)24-17-10-14(21)9-15(22)11-17/h3-6,9-12H,7-8H2,1-2H3,(H,23,25)(H,24,26). The number of anilines is 2. The lowest BCUT2D eigenvalue weighted by Crippen LogP contribution is -2.35. The summed E-state index contributed by atoms with van der Waals surface area (Å²) in [6, 6.07) is 12.5. The van der Waals surface area contributed by atoms with Crippen molar-refractivity contribution < 1.29 is 9.59 Å². The van der Waals surface area contributed by atoms with E-state index in [4.69, 9.17) is 23.2 Å². The van der Waals surface area contributed by atoms with Crippen LogP contribution in [0.2, 0.25) is 10.0 Å². The molecule has 0 aromatic heterocycles. The van der Waals surface area contributed by atoms with Gasteiger partial charge < -0.3 is 10.6 Å². The molecule has 0 unspecified atom stereocenters. The van der Waals surface area contributed by atoms with E-state index in [0.29, 0.717) is 40.2 Å². The fourth-order valence-electron chi connectivity index (χ4n) is 2.76. The molecule has 2 aromatic rings. The number of benzene rings is 2. The van der Waals surface area contributed by atoms with Crippen LogP contribution in [0.3, 0.4) is 0 Å². The van der Waals surface area contributed by atoms with Crippen molar-refractivity contribution in [2.45, 2.75) is 32.6 Å². The molecule has 1 fully saturated rings. The largest absolute Gasteiger partial charge is 0.325 e. The van der Waals surface area contributed by atoms with Crippen molar-refractivity contribution in [1.82, 2.24) is 0 Å². The van der Waals surface area contributed by atoms with Crippen molar-refractivity contribution >= 4 is 46.4 Å². The predicted octanol–water partition coefficient (Wildman–Crippen LogP) is 5.47. The molecule has 136 valence electrons. The van der Waals surface area contributed by atoms with Crippen LogP contribution in [0.4, 0.5) is 11.4 Å². The van der Waals surface area contributed by atoms with E-state index >= 15 is 0 Å². The summed E-state index contributed by atoms with van der Waals surface area (Å²) in [4.78, 5) is 25.3. The maximum absolute atomic E-state index is 12.7. The van der Waals surface area contributed by atoms with Crippen LogP contribution < -0.4 is 10.6 Å². The number of hydrogen-bond acceptors (Lipinski definition) is 2. The molecule has 0 aliphatic heterocycles. The van der Waals surface area contributed by atoms with Gasteiger partial charge in [0.05, 0.1) is 0 Å². The SMILES string of the molecule is CC(C)c1ccc(NC(=O)C2(C(=O)Nc3cc(Cl)cc(Cl)c3)CC2)cc1. The topological polar surface area (TPSA) is 58.2 Å². The molecule has 0 saturated heterocycles. The van der Waals surface area contributed by atoms with Gasteiger partial charge in [-0.2, -0.15) is 0 Å². The van der Waals surface area contributed by atoms with Gasteiger partial charge in [0.2, 0.25) is 11.8 Å². The normalized spacial score (nSPS) is 14.8. The molecule has 3 rings (SSSR count). The van der Waals surface area contributed by atoms with Gasteiger partial charge in [-0.25, -0.2) is 0 Å². The summed E-state index contributed by atoms with van der Waals surface area (Å²) in [6.45, 7) is 4.22. The Labute approximate surface area is 162 Å². The Hall–Kier alpha value is -2.04. The number of amides is 2. The van der Waals surface area contributed by atoms with Gasteiger partial charge in [0.15, 0.2) is 0 Å². The van der Waals surface area contributed by atoms with Crippen LogP contribution in [0.5, 0.6) is 0 Å². The molecular weight excluding hydrogens is 371 g/mol. The average Bonchev–Trinajstić information content (AvgIpc) is 3.36.